The zero-order chi connectivity index (χ0) is 44.1. The smallest absolute Gasteiger partial charge is 0.252 e. The summed E-state index contributed by atoms with van der Waals surface area (Å²) in [5.74, 6) is 0. The lowest BCUT2D eigenvalue weighted by atomic mass is 9.33. The van der Waals surface area contributed by atoms with E-state index in [9.17, 15) is 0 Å². The first kappa shape index (κ1) is 39.0. The molecule has 0 bridgehead atoms. The highest BCUT2D eigenvalue weighted by Gasteiger charge is 2.52. The zero-order valence-corrected chi connectivity index (χ0v) is 38.6. The normalized spacial score (nSPS) is 15.0. The maximum Gasteiger partial charge on any atom is 0.252 e. The molecule has 4 aliphatic rings. The van der Waals surface area contributed by atoms with Gasteiger partial charge in [-0.1, -0.05) is 184 Å². The molecule has 2 aliphatic heterocycles. The number of hydrogen-bond acceptors (Lipinski definition) is 2. The van der Waals surface area contributed by atoms with Crippen molar-refractivity contribution in [1.29, 1.82) is 0 Å². The molecule has 12 rings (SSSR count). The second kappa shape index (κ2) is 13.2. The molecule has 0 saturated carbocycles. The van der Waals surface area contributed by atoms with Crippen LogP contribution in [0.4, 0.5) is 34.1 Å². The van der Waals surface area contributed by atoms with Crippen LogP contribution >= 0.6 is 0 Å². The molecule has 0 saturated heterocycles. The fourth-order valence-corrected chi connectivity index (χ4v) is 11.7. The van der Waals surface area contributed by atoms with Gasteiger partial charge in [-0.3, -0.25) is 0 Å². The fourth-order valence-electron chi connectivity index (χ4n) is 11.7. The van der Waals surface area contributed by atoms with E-state index in [-0.39, 0.29) is 28.4 Å². The van der Waals surface area contributed by atoms with Gasteiger partial charge in [0.2, 0.25) is 0 Å². The molecule has 2 aliphatic carbocycles. The molecule has 8 aromatic rings. The van der Waals surface area contributed by atoms with Crippen LogP contribution in [0.25, 0.3) is 22.3 Å². The van der Waals surface area contributed by atoms with Crippen LogP contribution in [-0.4, -0.2) is 6.71 Å². The summed E-state index contributed by atoms with van der Waals surface area (Å²) in [6.07, 6.45) is 0. The van der Waals surface area contributed by atoms with Gasteiger partial charge in [-0.05, 0) is 142 Å². The standard InChI is InChI=1S/C61H55BN2/c1-58(2,3)38-29-32-52-56(36-38)64(42-34-39(59(4,5)6)33-40(35-42)60(7,8)9)55-28-18-27-54-57(55)62(52)51-25-16-17-26-53(51)63(54)41-30-31-50-46(37-41)45-21-12-15-24-49(45)61(50)47-22-13-10-19-43(47)44-20-11-14-23-48(44)61/h10-37H,1-9H3. The minimum atomic E-state index is -0.377. The van der Waals surface area contributed by atoms with E-state index >= 15 is 0 Å². The highest BCUT2D eigenvalue weighted by molar-refractivity contribution is 7.00. The van der Waals surface area contributed by atoms with Crippen molar-refractivity contribution in [3.05, 3.63) is 209 Å². The van der Waals surface area contributed by atoms with Crippen LogP contribution in [0.5, 0.6) is 0 Å². The average molecular weight is 827 g/mol. The first-order valence-electron chi connectivity index (χ1n) is 23.2. The van der Waals surface area contributed by atoms with Crippen LogP contribution < -0.4 is 26.2 Å². The summed E-state index contributed by atoms with van der Waals surface area (Å²) in [4.78, 5) is 5.17. The Morgan fingerprint density at radius 3 is 1.39 bits per heavy atom. The van der Waals surface area contributed by atoms with Gasteiger partial charge >= 0.3 is 0 Å². The molecule has 3 heteroatoms. The molecule has 312 valence electrons. The monoisotopic (exact) mass is 826 g/mol. The van der Waals surface area contributed by atoms with E-state index in [1.54, 1.807) is 0 Å². The zero-order valence-electron chi connectivity index (χ0n) is 38.6. The number of para-hydroxylation sites is 1. The number of nitrogens with zero attached hydrogens (tertiary/aromatic N) is 2. The Morgan fingerprint density at radius 1 is 0.344 bits per heavy atom. The molecule has 1 spiro atoms. The molecule has 0 aromatic heterocycles. The molecule has 0 fully saturated rings. The molecule has 2 nitrogen and oxygen atoms in total. The molecule has 0 radical (unpaired) electrons. The van der Waals surface area contributed by atoms with Gasteiger partial charge in [0, 0.05) is 34.1 Å². The minimum Gasteiger partial charge on any atom is -0.311 e. The van der Waals surface area contributed by atoms with Gasteiger partial charge in [-0.25, -0.2) is 0 Å². The van der Waals surface area contributed by atoms with Crippen LogP contribution in [0, 0.1) is 0 Å². The number of hydrogen-bond donors (Lipinski definition) is 0. The quantitative estimate of drug-likeness (QED) is 0.160. The second-order valence-corrected chi connectivity index (χ2v) is 21.8. The minimum absolute atomic E-state index is 0.0126. The van der Waals surface area contributed by atoms with E-state index in [4.69, 9.17) is 0 Å². The van der Waals surface area contributed by atoms with Crippen molar-refractivity contribution in [1.82, 2.24) is 0 Å². The summed E-state index contributed by atoms with van der Waals surface area (Å²) in [6, 6.07) is 65.6. The lowest BCUT2D eigenvalue weighted by Crippen LogP contribution is -2.61. The topological polar surface area (TPSA) is 6.48 Å². The van der Waals surface area contributed by atoms with Gasteiger partial charge in [0.25, 0.3) is 6.71 Å². The van der Waals surface area contributed by atoms with Gasteiger partial charge in [-0.2, -0.15) is 0 Å². The largest absolute Gasteiger partial charge is 0.311 e. The van der Waals surface area contributed by atoms with Crippen molar-refractivity contribution < 1.29 is 0 Å². The molecule has 8 aromatic carbocycles. The van der Waals surface area contributed by atoms with Crippen LogP contribution in [-0.2, 0) is 21.7 Å². The summed E-state index contributed by atoms with van der Waals surface area (Å²) in [5.41, 5.74) is 25.8. The third-order valence-electron chi connectivity index (χ3n) is 14.9. The van der Waals surface area contributed by atoms with Crippen molar-refractivity contribution in [3.8, 4) is 22.3 Å². The SMILES string of the molecule is CC(C)(C)c1cc(N2c3cc(C(C)(C)C)ccc3B3c4ccccc4N(c4ccc5c(c4)-c4ccccc4C54c5ccccc5-c5ccccc54)c4cccc2c43)cc(C(C)(C)C)c1. The average Bonchev–Trinajstić information content (AvgIpc) is 3.75. The maximum absolute atomic E-state index is 2.61. The predicted octanol–water partition coefficient (Wildman–Crippen LogP) is 14.0. The van der Waals surface area contributed by atoms with Crippen molar-refractivity contribution in [2.75, 3.05) is 9.80 Å². The highest BCUT2D eigenvalue weighted by Crippen LogP contribution is 2.63. The Bertz CT molecular complexity index is 3180. The molecular weight excluding hydrogens is 771 g/mol. The summed E-state index contributed by atoms with van der Waals surface area (Å²) in [5, 5.41) is 0. The third kappa shape index (κ3) is 5.33. The molecule has 0 atom stereocenters. The van der Waals surface area contributed by atoms with E-state index < -0.39 is 0 Å². The summed E-state index contributed by atoms with van der Waals surface area (Å²) in [6.45, 7) is 21.1. The first-order chi connectivity index (χ1) is 30.7. The van der Waals surface area contributed by atoms with Crippen molar-refractivity contribution in [2.24, 2.45) is 0 Å². The van der Waals surface area contributed by atoms with Gasteiger partial charge < -0.3 is 9.80 Å². The van der Waals surface area contributed by atoms with Crippen molar-refractivity contribution >= 4 is 57.2 Å². The molecule has 64 heavy (non-hydrogen) atoms. The van der Waals surface area contributed by atoms with Crippen LogP contribution in [0.15, 0.2) is 170 Å². The molecule has 0 N–H and O–H groups in total. The second-order valence-electron chi connectivity index (χ2n) is 21.8. The summed E-state index contributed by atoms with van der Waals surface area (Å²) in [7, 11) is 0. The maximum atomic E-state index is 2.61. The Balaban J connectivity index is 1.11. The van der Waals surface area contributed by atoms with Crippen molar-refractivity contribution in [2.45, 2.75) is 84.0 Å². The van der Waals surface area contributed by atoms with E-state index in [1.807, 2.05) is 0 Å². The predicted molar refractivity (Wildman–Crippen MR) is 273 cm³/mol. The van der Waals surface area contributed by atoms with Crippen LogP contribution in [0.2, 0.25) is 0 Å². The van der Waals surface area contributed by atoms with Gasteiger partial charge in [0.05, 0.1) is 5.41 Å². The lowest BCUT2D eigenvalue weighted by molar-refractivity contribution is 0.569. The van der Waals surface area contributed by atoms with E-state index in [0.717, 1.165) is 0 Å². The Kier molecular flexibility index (Phi) is 8.08. The summed E-state index contributed by atoms with van der Waals surface area (Å²) < 4.78 is 0. The van der Waals surface area contributed by atoms with E-state index in [1.165, 1.54) is 112 Å². The van der Waals surface area contributed by atoms with E-state index in [0.29, 0.717) is 0 Å². The Labute approximate surface area is 380 Å². The Morgan fingerprint density at radius 2 is 0.812 bits per heavy atom. The van der Waals surface area contributed by atoms with Gasteiger partial charge in [-0.15, -0.1) is 0 Å². The fraction of sp³-hybridized carbons (Fsp3) is 0.213. The Hall–Kier alpha value is -6.58. The lowest BCUT2D eigenvalue weighted by Gasteiger charge is -2.45. The number of benzene rings is 8. The third-order valence-corrected chi connectivity index (χ3v) is 14.9. The molecule has 2 heterocycles. The molecule has 0 unspecified atom stereocenters. The van der Waals surface area contributed by atoms with Crippen molar-refractivity contribution in [3.63, 3.8) is 0 Å². The van der Waals surface area contributed by atoms with Gasteiger partial charge in [0.1, 0.15) is 0 Å². The number of fused-ring (bicyclic) bond motifs is 14. The van der Waals surface area contributed by atoms with Crippen LogP contribution in [0.3, 0.4) is 0 Å². The van der Waals surface area contributed by atoms with Gasteiger partial charge in [0.15, 0.2) is 0 Å². The number of anilines is 6. The number of rotatable bonds is 2. The van der Waals surface area contributed by atoms with E-state index in [2.05, 4.69) is 242 Å². The molecule has 0 amide bonds. The first-order valence-corrected chi connectivity index (χ1v) is 23.2. The molecular formula is C61H55BN2. The van der Waals surface area contributed by atoms with Crippen LogP contribution in [0.1, 0.15) is 101 Å². The summed E-state index contributed by atoms with van der Waals surface area (Å²) >= 11 is 0. The highest BCUT2D eigenvalue weighted by atomic mass is 15.2.